The Labute approximate surface area is 105 Å². The molecule has 0 aliphatic heterocycles. The van der Waals surface area contributed by atoms with Crippen LogP contribution in [0.4, 0.5) is 0 Å². The monoisotopic (exact) mass is 251 g/mol. The summed E-state index contributed by atoms with van der Waals surface area (Å²) in [6, 6.07) is 14.2. The molecule has 0 aliphatic carbocycles. The van der Waals surface area contributed by atoms with Gasteiger partial charge in [0, 0.05) is 11.6 Å². The summed E-state index contributed by atoms with van der Waals surface area (Å²) < 4.78 is 5.09. The lowest BCUT2D eigenvalue weighted by molar-refractivity contribution is 0.415. The van der Waals surface area contributed by atoms with E-state index in [0.717, 1.165) is 16.9 Å². The van der Waals surface area contributed by atoms with E-state index in [1.165, 1.54) is 0 Å². The first-order valence-electron chi connectivity index (χ1n) is 4.72. The van der Waals surface area contributed by atoms with E-state index in [1.54, 1.807) is 13.2 Å². The molecule has 0 N–H and O–H groups in total. The third-order valence-corrected chi connectivity index (χ3v) is 2.78. The summed E-state index contributed by atoms with van der Waals surface area (Å²) in [6.07, 6.45) is 0. The fraction of sp³-hybridized carbons (Fsp3) is 0.0769. The first kappa shape index (κ1) is 11.3. The quantitative estimate of drug-likeness (QED) is 0.766. The van der Waals surface area contributed by atoms with E-state index >= 15 is 0 Å². The molecule has 0 saturated carbocycles. The Morgan fingerprint density at radius 1 is 1.00 bits per heavy atom. The Morgan fingerprint density at radius 3 is 2.25 bits per heavy atom. The summed E-state index contributed by atoms with van der Waals surface area (Å²) in [5.74, 6) is 0.817. The minimum atomic E-state index is 0.516. The minimum Gasteiger partial charge on any atom is -0.497 e. The van der Waals surface area contributed by atoms with Gasteiger partial charge < -0.3 is 4.74 Å². The van der Waals surface area contributed by atoms with Crippen LogP contribution < -0.4 is 4.74 Å². The number of rotatable bonds is 2. The van der Waals surface area contributed by atoms with Crippen molar-refractivity contribution in [1.82, 2.24) is 0 Å². The zero-order valence-electron chi connectivity index (χ0n) is 8.63. The molecule has 3 heteroatoms. The van der Waals surface area contributed by atoms with E-state index in [0.29, 0.717) is 10.0 Å². The normalized spacial score (nSPS) is 10.2. The number of methoxy groups -OCH3 is 1. The molecule has 0 amide bonds. The number of benzene rings is 2. The Kier molecular flexibility index (Phi) is 3.37. The fourth-order valence-corrected chi connectivity index (χ4v) is 1.92. The van der Waals surface area contributed by atoms with Crippen molar-refractivity contribution >= 4 is 23.2 Å². The highest BCUT2D eigenvalue weighted by Crippen LogP contribution is 2.30. The molecule has 0 heterocycles. The SMILES string of the molecule is COc1ccc(-c2ccc(Cl)[c]c2Cl)cc1. The number of halogens is 2. The molecule has 0 aliphatic rings. The molecule has 2 aromatic carbocycles. The highest BCUT2D eigenvalue weighted by atomic mass is 35.5. The van der Waals surface area contributed by atoms with Gasteiger partial charge in [-0.25, -0.2) is 0 Å². The maximum absolute atomic E-state index is 6.07. The molecule has 0 fully saturated rings. The first-order valence-corrected chi connectivity index (χ1v) is 5.48. The van der Waals surface area contributed by atoms with Crippen molar-refractivity contribution in [3.8, 4) is 16.9 Å². The zero-order chi connectivity index (χ0) is 11.5. The van der Waals surface area contributed by atoms with Crippen molar-refractivity contribution in [3.63, 3.8) is 0 Å². The molecule has 0 unspecified atom stereocenters. The smallest absolute Gasteiger partial charge is 0.118 e. The second kappa shape index (κ2) is 4.77. The first-order chi connectivity index (χ1) is 7.70. The largest absolute Gasteiger partial charge is 0.497 e. The molecule has 1 radical (unpaired) electrons. The van der Waals surface area contributed by atoms with E-state index in [1.807, 2.05) is 30.3 Å². The Balaban J connectivity index is 2.42. The van der Waals surface area contributed by atoms with Crippen LogP contribution in [-0.2, 0) is 0 Å². The second-order valence-corrected chi connectivity index (χ2v) is 4.05. The van der Waals surface area contributed by atoms with Gasteiger partial charge in [0.05, 0.1) is 17.2 Å². The molecular weight excluding hydrogens is 243 g/mol. The number of ether oxygens (including phenoxy) is 1. The molecule has 2 rings (SSSR count). The molecule has 0 spiro atoms. The Bertz CT molecular complexity index is 492. The molecule has 0 bridgehead atoms. The van der Waals surface area contributed by atoms with Crippen LogP contribution in [0.3, 0.4) is 0 Å². The molecule has 81 valence electrons. The van der Waals surface area contributed by atoms with Crippen LogP contribution in [0.5, 0.6) is 5.75 Å². The maximum Gasteiger partial charge on any atom is 0.118 e. The zero-order valence-corrected chi connectivity index (χ0v) is 10.1. The van der Waals surface area contributed by atoms with Gasteiger partial charge >= 0.3 is 0 Å². The molecule has 16 heavy (non-hydrogen) atoms. The summed E-state index contributed by atoms with van der Waals surface area (Å²) in [7, 11) is 1.64. The third kappa shape index (κ3) is 2.31. The summed E-state index contributed by atoms with van der Waals surface area (Å²) in [5, 5.41) is 1.04. The van der Waals surface area contributed by atoms with Gasteiger partial charge in [0.25, 0.3) is 0 Å². The molecular formula is C13H9Cl2O. The van der Waals surface area contributed by atoms with Crippen molar-refractivity contribution in [2.75, 3.05) is 7.11 Å². The Hall–Kier alpha value is -1.18. The fourth-order valence-electron chi connectivity index (χ4n) is 1.44. The van der Waals surface area contributed by atoms with Gasteiger partial charge in [0.2, 0.25) is 0 Å². The van der Waals surface area contributed by atoms with Crippen LogP contribution in [0, 0.1) is 6.07 Å². The van der Waals surface area contributed by atoms with E-state index in [9.17, 15) is 0 Å². The standard InChI is InChI=1S/C13H9Cl2O/c1-16-11-5-2-9(3-6-11)12-7-4-10(14)8-13(12)15/h2-7H,1H3. The van der Waals surface area contributed by atoms with Crippen molar-refractivity contribution < 1.29 is 4.74 Å². The van der Waals surface area contributed by atoms with Gasteiger partial charge in [-0.15, -0.1) is 0 Å². The van der Waals surface area contributed by atoms with E-state index in [4.69, 9.17) is 27.9 Å². The molecule has 0 aromatic heterocycles. The van der Waals surface area contributed by atoms with E-state index in [2.05, 4.69) is 6.07 Å². The van der Waals surface area contributed by atoms with Gasteiger partial charge in [-0.3, -0.25) is 0 Å². The van der Waals surface area contributed by atoms with Crippen LogP contribution in [0.25, 0.3) is 11.1 Å². The average molecular weight is 252 g/mol. The van der Waals surface area contributed by atoms with Crippen LogP contribution >= 0.6 is 23.2 Å². The lowest BCUT2D eigenvalue weighted by Crippen LogP contribution is -1.83. The van der Waals surface area contributed by atoms with Crippen molar-refractivity contribution in [3.05, 3.63) is 52.5 Å². The molecule has 0 atom stereocenters. The molecule has 0 saturated heterocycles. The Morgan fingerprint density at radius 2 is 1.69 bits per heavy atom. The second-order valence-electron chi connectivity index (χ2n) is 3.26. The van der Waals surface area contributed by atoms with Crippen molar-refractivity contribution in [2.45, 2.75) is 0 Å². The summed E-state index contributed by atoms with van der Waals surface area (Å²) >= 11 is 11.9. The van der Waals surface area contributed by atoms with Crippen LogP contribution in [0.15, 0.2) is 36.4 Å². The maximum atomic E-state index is 6.07. The predicted octanol–water partition coefficient (Wildman–Crippen LogP) is 4.47. The average Bonchev–Trinajstić information content (AvgIpc) is 2.29. The van der Waals surface area contributed by atoms with Crippen molar-refractivity contribution in [1.29, 1.82) is 0 Å². The van der Waals surface area contributed by atoms with Gasteiger partial charge in [-0.1, -0.05) is 41.4 Å². The van der Waals surface area contributed by atoms with Crippen LogP contribution in [0.2, 0.25) is 10.0 Å². The third-order valence-electron chi connectivity index (χ3n) is 2.26. The van der Waals surface area contributed by atoms with Gasteiger partial charge in [-0.05, 0) is 23.8 Å². The van der Waals surface area contributed by atoms with Crippen molar-refractivity contribution in [2.24, 2.45) is 0 Å². The van der Waals surface area contributed by atoms with Gasteiger partial charge in [0.15, 0.2) is 0 Å². The number of hydrogen-bond donors (Lipinski definition) is 0. The van der Waals surface area contributed by atoms with Gasteiger partial charge in [0.1, 0.15) is 5.75 Å². The highest BCUT2D eigenvalue weighted by molar-refractivity contribution is 6.36. The molecule has 2 aromatic rings. The lowest BCUT2D eigenvalue weighted by atomic mass is 10.1. The van der Waals surface area contributed by atoms with E-state index < -0.39 is 0 Å². The van der Waals surface area contributed by atoms with Crippen LogP contribution in [0.1, 0.15) is 0 Å². The lowest BCUT2D eigenvalue weighted by Gasteiger charge is -2.05. The van der Waals surface area contributed by atoms with Gasteiger partial charge in [-0.2, -0.15) is 0 Å². The topological polar surface area (TPSA) is 9.23 Å². The molecule has 1 nitrogen and oxygen atoms in total. The van der Waals surface area contributed by atoms with E-state index in [-0.39, 0.29) is 0 Å². The summed E-state index contributed by atoms with van der Waals surface area (Å²) in [6.45, 7) is 0. The van der Waals surface area contributed by atoms with Crippen LogP contribution in [-0.4, -0.2) is 7.11 Å². The summed E-state index contributed by atoms with van der Waals surface area (Å²) in [4.78, 5) is 0. The predicted molar refractivity (Wildman–Crippen MR) is 67.3 cm³/mol. The summed E-state index contributed by atoms with van der Waals surface area (Å²) in [5.41, 5.74) is 1.92. The highest BCUT2D eigenvalue weighted by Gasteiger charge is 2.04. The number of hydrogen-bond acceptors (Lipinski definition) is 1. The minimum absolute atomic E-state index is 0.516.